The predicted molar refractivity (Wildman–Crippen MR) is 197 cm³/mol. The van der Waals surface area contributed by atoms with E-state index in [0.29, 0.717) is 22.2 Å². The Balaban J connectivity index is 1.48. The molecule has 1 atom stereocenters. The second kappa shape index (κ2) is 13.4. The molecule has 1 N–H and O–H groups in total. The van der Waals surface area contributed by atoms with Crippen LogP contribution >= 0.6 is 0 Å². The number of aryl methyl sites for hydroxylation is 4. The van der Waals surface area contributed by atoms with Gasteiger partial charge in [-0.2, -0.15) is 0 Å². The normalized spacial score (nSPS) is 14.7. The number of aliphatic hydroxyl groups excluding tert-OH is 1. The highest BCUT2D eigenvalue weighted by Crippen LogP contribution is 2.37. The van der Waals surface area contributed by atoms with Crippen LogP contribution in [0.4, 0.5) is 5.69 Å². The maximum atomic E-state index is 14.1. The summed E-state index contributed by atoms with van der Waals surface area (Å²) in [6.45, 7) is 14.0. The van der Waals surface area contributed by atoms with Crippen molar-refractivity contribution in [3.8, 4) is 22.3 Å². The van der Waals surface area contributed by atoms with Crippen LogP contribution in [0.15, 0.2) is 78.0 Å². The predicted octanol–water partition coefficient (Wildman–Crippen LogP) is 6.05. The summed E-state index contributed by atoms with van der Waals surface area (Å²) in [5.41, 5.74) is 9.58. The second-order valence-electron chi connectivity index (χ2n) is 13.6. The van der Waals surface area contributed by atoms with Crippen LogP contribution < -0.4 is 4.90 Å². The van der Waals surface area contributed by atoms with Gasteiger partial charge in [0.25, 0.3) is 15.9 Å². The van der Waals surface area contributed by atoms with Crippen molar-refractivity contribution >= 4 is 32.7 Å². The molecule has 1 aliphatic heterocycles. The van der Waals surface area contributed by atoms with Crippen LogP contribution in [-0.2, 0) is 10.0 Å². The first kappa shape index (κ1) is 34.4. The van der Waals surface area contributed by atoms with E-state index < -0.39 is 16.1 Å². The molecule has 6 rings (SSSR count). The zero-order valence-corrected chi connectivity index (χ0v) is 30.2. The maximum absolute atomic E-state index is 14.1. The highest BCUT2D eigenvalue weighted by molar-refractivity contribution is 7.90. The second-order valence-corrected chi connectivity index (χ2v) is 15.4. The van der Waals surface area contributed by atoms with Crippen molar-refractivity contribution in [1.82, 2.24) is 18.8 Å². The lowest BCUT2D eigenvalue weighted by molar-refractivity contribution is 0.0703. The van der Waals surface area contributed by atoms with Crippen LogP contribution in [0.25, 0.3) is 33.3 Å². The molecule has 9 nitrogen and oxygen atoms in total. The van der Waals surface area contributed by atoms with E-state index in [2.05, 4.69) is 42.8 Å². The molecule has 0 radical (unpaired) electrons. The molecule has 1 aliphatic rings. The number of benzene rings is 3. The molecule has 0 bridgehead atoms. The molecule has 0 aliphatic carbocycles. The number of pyridine rings is 1. The van der Waals surface area contributed by atoms with Gasteiger partial charge in [0, 0.05) is 79.9 Å². The Bertz CT molecular complexity index is 2120. The van der Waals surface area contributed by atoms with Gasteiger partial charge < -0.3 is 19.8 Å². The first-order chi connectivity index (χ1) is 23.2. The summed E-state index contributed by atoms with van der Waals surface area (Å²) >= 11 is 0. The molecular formula is C39H45N5O4S. The number of carbonyl (C=O) groups is 1. The molecule has 3 heterocycles. The number of amides is 1. The molecule has 0 unspecified atom stereocenters. The Morgan fingerprint density at radius 2 is 1.51 bits per heavy atom. The highest BCUT2D eigenvalue weighted by Gasteiger charge is 2.25. The van der Waals surface area contributed by atoms with Gasteiger partial charge in [-0.1, -0.05) is 29.8 Å². The fourth-order valence-electron chi connectivity index (χ4n) is 6.88. The monoisotopic (exact) mass is 679 g/mol. The van der Waals surface area contributed by atoms with Crippen LogP contribution in [0.2, 0.25) is 0 Å². The zero-order chi connectivity index (χ0) is 35.2. The third kappa shape index (κ3) is 6.73. The van der Waals surface area contributed by atoms with E-state index >= 15 is 0 Å². The first-order valence-electron chi connectivity index (χ1n) is 16.7. The van der Waals surface area contributed by atoms with Crippen molar-refractivity contribution in [3.05, 3.63) is 101 Å². The van der Waals surface area contributed by atoms with E-state index in [1.165, 1.54) is 25.7 Å². The summed E-state index contributed by atoms with van der Waals surface area (Å²) in [6.07, 6.45) is 2.74. The Morgan fingerprint density at radius 1 is 0.878 bits per heavy atom. The Labute approximate surface area is 289 Å². The number of hydrogen-bond donors (Lipinski definition) is 1. The molecule has 1 amide bonds. The van der Waals surface area contributed by atoms with Gasteiger partial charge in [-0.25, -0.2) is 17.4 Å². The summed E-state index contributed by atoms with van der Waals surface area (Å²) in [5, 5.41) is 10.5. The lowest BCUT2D eigenvalue weighted by Crippen LogP contribution is -2.45. The van der Waals surface area contributed by atoms with Crippen molar-refractivity contribution < 1.29 is 18.3 Å². The number of aliphatic hydroxyl groups is 1. The largest absolute Gasteiger partial charge is 0.392 e. The van der Waals surface area contributed by atoms with Crippen LogP contribution in [0.3, 0.4) is 0 Å². The molecule has 0 saturated carbocycles. The molecule has 1 saturated heterocycles. The molecule has 256 valence electrons. The van der Waals surface area contributed by atoms with Gasteiger partial charge in [-0.15, -0.1) is 0 Å². The van der Waals surface area contributed by atoms with Crippen molar-refractivity contribution in [2.75, 3.05) is 51.7 Å². The lowest BCUT2D eigenvalue weighted by Gasteiger charge is -2.36. The SMILES string of the molecule is Cc1ccc(S(=O)(=O)n2cc(-c3ccc(C(=O)N(C)C[C@@H](C)O)c(C)c3)c3cc(-c4cc(C)c(N5CCN(C)CC5)c(C)c4)cnc32)cc1. The average molecular weight is 680 g/mol. The fraction of sp³-hybridized carbons (Fsp3) is 0.333. The number of anilines is 1. The van der Waals surface area contributed by atoms with E-state index in [1.54, 1.807) is 56.7 Å². The van der Waals surface area contributed by atoms with Crippen molar-refractivity contribution in [3.63, 3.8) is 0 Å². The van der Waals surface area contributed by atoms with E-state index in [4.69, 9.17) is 4.98 Å². The van der Waals surface area contributed by atoms with Gasteiger partial charge in [0.1, 0.15) is 0 Å². The molecule has 49 heavy (non-hydrogen) atoms. The van der Waals surface area contributed by atoms with E-state index in [-0.39, 0.29) is 17.3 Å². The smallest absolute Gasteiger partial charge is 0.269 e. The molecule has 5 aromatic rings. The molecular weight excluding hydrogens is 635 g/mol. The minimum Gasteiger partial charge on any atom is -0.392 e. The third-order valence-electron chi connectivity index (χ3n) is 9.49. The van der Waals surface area contributed by atoms with Gasteiger partial charge in [-0.3, -0.25) is 4.79 Å². The van der Waals surface area contributed by atoms with E-state index in [9.17, 15) is 18.3 Å². The molecule has 10 heteroatoms. The Morgan fingerprint density at radius 3 is 2.12 bits per heavy atom. The van der Waals surface area contributed by atoms with Crippen LogP contribution in [0.5, 0.6) is 0 Å². The van der Waals surface area contributed by atoms with Crippen LogP contribution in [-0.4, -0.2) is 91.1 Å². The Kier molecular flexibility index (Phi) is 9.41. The maximum Gasteiger partial charge on any atom is 0.269 e. The van der Waals surface area contributed by atoms with Gasteiger partial charge in [0.15, 0.2) is 5.65 Å². The quantitative estimate of drug-likeness (QED) is 0.213. The number of rotatable bonds is 8. The number of piperazine rings is 1. The van der Waals surface area contributed by atoms with Gasteiger partial charge >= 0.3 is 0 Å². The van der Waals surface area contributed by atoms with Crippen molar-refractivity contribution in [2.45, 2.75) is 45.6 Å². The number of carbonyl (C=O) groups excluding carboxylic acids is 1. The molecule has 3 aromatic carbocycles. The van der Waals surface area contributed by atoms with Gasteiger partial charge in [0.2, 0.25) is 0 Å². The van der Waals surface area contributed by atoms with Crippen molar-refractivity contribution in [2.24, 2.45) is 0 Å². The van der Waals surface area contributed by atoms with Gasteiger partial charge in [-0.05, 0) is 106 Å². The number of nitrogens with zero attached hydrogens (tertiary/aromatic N) is 5. The minimum absolute atomic E-state index is 0.177. The van der Waals surface area contributed by atoms with Crippen LogP contribution in [0, 0.1) is 27.7 Å². The Hall–Kier alpha value is -4.51. The number of likely N-dealkylation sites (N-methyl/N-ethyl adjacent to an activating group) is 2. The molecule has 1 fully saturated rings. The summed E-state index contributed by atoms with van der Waals surface area (Å²) < 4.78 is 29.4. The summed E-state index contributed by atoms with van der Waals surface area (Å²) in [6, 6.07) is 18.7. The summed E-state index contributed by atoms with van der Waals surface area (Å²) in [4.78, 5) is 24.5. The summed E-state index contributed by atoms with van der Waals surface area (Å²) in [5.74, 6) is -0.191. The zero-order valence-electron chi connectivity index (χ0n) is 29.4. The van der Waals surface area contributed by atoms with Gasteiger partial charge in [0.05, 0.1) is 11.0 Å². The number of aromatic nitrogens is 2. The first-order valence-corrected chi connectivity index (χ1v) is 18.1. The fourth-order valence-corrected chi connectivity index (χ4v) is 8.21. The third-order valence-corrected chi connectivity index (χ3v) is 11.2. The minimum atomic E-state index is -3.98. The van der Waals surface area contributed by atoms with Crippen molar-refractivity contribution in [1.29, 1.82) is 0 Å². The van der Waals surface area contributed by atoms with Crippen LogP contribution in [0.1, 0.15) is 39.5 Å². The molecule has 0 spiro atoms. The standard InChI is InChI=1S/C39H45N5O4S/c1-25-8-11-33(12-9-25)49(47,48)44-24-36(30-10-13-34(26(2)18-30)39(46)42(7)23-29(5)45)35-21-32(22-40-38(35)44)31-19-27(3)37(28(4)20-31)43-16-14-41(6)15-17-43/h8-13,18-22,24,29,45H,14-17,23H2,1-7H3/t29-/m1/s1. The highest BCUT2D eigenvalue weighted by atomic mass is 32.2. The lowest BCUT2D eigenvalue weighted by atomic mass is 9.96. The molecule has 2 aromatic heterocycles. The average Bonchev–Trinajstić information content (AvgIpc) is 3.45. The van der Waals surface area contributed by atoms with E-state index in [1.807, 2.05) is 32.0 Å². The topological polar surface area (TPSA) is 99.0 Å². The number of hydrogen-bond acceptors (Lipinski definition) is 7. The number of fused-ring (bicyclic) bond motifs is 1. The summed E-state index contributed by atoms with van der Waals surface area (Å²) in [7, 11) is -0.152. The van der Waals surface area contributed by atoms with E-state index in [0.717, 1.165) is 54.0 Å².